The molecule has 6 aromatic rings. The molecule has 198 valence electrons. The SMILES string of the molecule is [2H]C([2H])(c1cnc(-c2cccc3c2oc2c3ccc3sc(C(C)(C)C)nc32)cc1-c1c(C)cccc1C)C(C)(C)C. The number of nitrogens with zero attached hydrogens (tertiary/aromatic N) is 2. The Balaban J connectivity index is 1.63. The van der Waals surface area contributed by atoms with Crippen molar-refractivity contribution in [3.63, 3.8) is 0 Å². The normalized spacial score (nSPS) is 13.8. The van der Waals surface area contributed by atoms with Crippen molar-refractivity contribution >= 4 is 43.5 Å². The monoisotopic (exact) mass is 534 g/mol. The topological polar surface area (TPSA) is 38.9 Å². The highest BCUT2D eigenvalue weighted by molar-refractivity contribution is 7.18. The molecule has 0 bridgehead atoms. The Morgan fingerprint density at radius 3 is 2.23 bits per heavy atom. The van der Waals surface area contributed by atoms with Gasteiger partial charge in [0.1, 0.15) is 11.1 Å². The zero-order valence-corrected chi connectivity index (χ0v) is 24.8. The van der Waals surface area contributed by atoms with Crippen LogP contribution >= 0.6 is 11.3 Å². The van der Waals surface area contributed by atoms with E-state index in [1.165, 1.54) is 0 Å². The maximum absolute atomic E-state index is 9.15. The molecule has 0 N–H and O–H groups in total. The van der Waals surface area contributed by atoms with Crippen LogP contribution in [0.1, 0.15) is 66.0 Å². The number of para-hydroxylation sites is 1. The van der Waals surface area contributed by atoms with E-state index < -0.39 is 11.8 Å². The van der Waals surface area contributed by atoms with Crippen molar-refractivity contribution < 1.29 is 7.16 Å². The van der Waals surface area contributed by atoms with Gasteiger partial charge in [-0.1, -0.05) is 71.9 Å². The van der Waals surface area contributed by atoms with Crippen molar-refractivity contribution in [2.75, 3.05) is 0 Å². The Labute approximate surface area is 237 Å². The first-order valence-electron chi connectivity index (χ1n) is 14.5. The zero-order chi connectivity index (χ0) is 29.5. The fraction of sp³-hybridized carbons (Fsp3) is 0.314. The van der Waals surface area contributed by atoms with E-state index in [0.29, 0.717) is 5.56 Å². The highest BCUT2D eigenvalue weighted by Crippen LogP contribution is 2.42. The Bertz CT molecular complexity index is 1950. The highest BCUT2D eigenvalue weighted by Gasteiger charge is 2.23. The summed E-state index contributed by atoms with van der Waals surface area (Å²) in [5.74, 6) is 0. The van der Waals surface area contributed by atoms with Gasteiger partial charge in [-0.3, -0.25) is 4.98 Å². The molecule has 39 heavy (non-hydrogen) atoms. The quantitative estimate of drug-likeness (QED) is 0.227. The van der Waals surface area contributed by atoms with Crippen LogP contribution < -0.4 is 0 Å². The molecule has 0 aliphatic carbocycles. The molecular formula is C35H36N2OS. The van der Waals surface area contributed by atoms with Crippen LogP contribution in [0, 0.1) is 19.3 Å². The zero-order valence-electron chi connectivity index (χ0n) is 26.0. The molecule has 0 radical (unpaired) electrons. The molecule has 0 saturated carbocycles. The summed E-state index contributed by atoms with van der Waals surface area (Å²) in [4.78, 5) is 9.89. The Hall–Kier alpha value is -3.50. The van der Waals surface area contributed by atoms with Gasteiger partial charge in [0.2, 0.25) is 0 Å². The van der Waals surface area contributed by atoms with Crippen LogP contribution in [-0.4, -0.2) is 9.97 Å². The summed E-state index contributed by atoms with van der Waals surface area (Å²) >= 11 is 1.72. The lowest BCUT2D eigenvalue weighted by atomic mass is 9.83. The minimum absolute atomic E-state index is 0.0407. The van der Waals surface area contributed by atoms with E-state index in [1.54, 1.807) is 17.5 Å². The lowest BCUT2D eigenvalue weighted by molar-refractivity contribution is 0.411. The molecule has 3 aromatic heterocycles. The number of hydrogen-bond acceptors (Lipinski definition) is 4. The summed E-state index contributed by atoms with van der Waals surface area (Å²) in [5.41, 5.74) is 8.18. The van der Waals surface area contributed by atoms with Crippen LogP contribution in [0.4, 0.5) is 0 Å². The Morgan fingerprint density at radius 1 is 0.846 bits per heavy atom. The molecule has 0 spiro atoms. The van der Waals surface area contributed by atoms with Gasteiger partial charge in [-0.05, 0) is 77.7 Å². The minimum atomic E-state index is -1.60. The molecule has 0 fully saturated rings. The minimum Gasteiger partial charge on any atom is -0.453 e. The summed E-state index contributed by atoms with van der Waals surface area (Å²) in [7, 11) is 0. The second kappa shape index (κ2) is 9.02. The molecular weight excluding hydrogens is 496 g/mol. The van der Waals surface area contributed by atoms with E-state index in [9.17, 15) is 0 Å². The second-order valence-corrected chi connectivity index (χ2v) is 13.6. The summed E-state index contributed by atoms with van der Waals surface area (Å²) in [6, 6.07) is 18.7. The van der Waals surface area contributed by atoms with Gasteiger partial charge in [-0.15, -0.1) is 11.3 Å². The van der Waals surface area contributed by atoms with E-state index in [-0.39, 0.29) is 5.41 Å². The number of fused-ring (bicyclic) bond motifs is 5. The largest absolute Gasteiger partial charge is 0.453 e. The van der Waals surface area contributed by atoms with Crippen LogP contribution in [0.5, 0.6) is 0 Å². The van der Waals surface area contributed by atoms with Crippen molar-refractivity contribution in [3.8, 4) is 22.4 Å². The second-order valence-electron chi connectivity index (χ2n) is 12.6. The summed E-state index contributed by atoms with van der Waals surface area (Å²) in [5, 5.41) is 3.15. The van der Waals surface area contributed by atoms with Crippen molar-refractivity contribution in [1.82, 2.24) is 9.97 Å². The van der Waals surface area contributed by atoms with Crippen LogP contribution in [0.15, 0.2) is 65.2 Å². The number of benzene rings is 3. The summed E-state index contributed by atoms with van der Waals surface area (Å²) in [6.07, 6.45) is 0.131. The average molecular weight is 535 g/mol. The van der Waals surface area contributed by atoms with Gasteiger partial charge in [-0.2, -0.15) is 0 Å². The van der Waals surface area contributed by atoms with Gasteiger partial charge < -0.3 is 4.42 Å². The van der Waals surface area contributed by atoms with Gasteiger partial charge in [0.05, 0.1) is 15.4 Å². The average Bonchev–Trinajstić information content (AvgIpc) is 3.49. The van der Waals surface area contributed by atoms with Crippen LogP contribution in [-0.2, 0) is 11.8 Å². The van der Waals surface area contributed by atoms with Crippen molar-refractivity contribution in [1.29, 1.82) is 0 Å². The number of aromatic nitrogens is 2. The molecule has 0 unspecified atom stereocenters. The number of thiazole rings is 1. The third-order valence-corrected chi connectivity index (χ3v) is 8.55. The first-order valence-corrected chi connectivity index (χ1v) is 14.3. The Morgan fingerprint density at radius 2 is 1.54 bits per heavy atom. The van der Waals surface area contributed by atoms with Gasteiger partial charge in [-0.25, -0.2) is 4.98 Å². The van der Waals surface area contributed by atoms with E-state index >= 15 is 0 Å². The van der Waals surface area contributed by atoms with Crippen molar-refractivity contribution in [3.05, 3.63) is 82.5 Å². The molecule has 0 atom stereocenters. The molecule has 0 amide bonds. The fourth-order valence-electron chi connectivity index (χ4n) is 5.32. The number of hydrogen-bond donors (Lipinski definition) is 0. The van der Waals surface area contributed by atoms with Crippen molar-refractivity contribution in [2.45, 2.75) is 67.2 Å². The fourth-order valence-corrected chi connectivity index (χ4v) is 6.34. The molecule has 0 aliphatic rings. The lowest BCUT2D eigenvalue weighted by Crippen LogP contribution is -2.11. The predicted octanol–water partition coefficient (Wildman–Crippen LogP) is 10.4. The molecule has 0 aliphatic heterocycles. The molecule has 3 heterocycles. The number of pyridine rings is 1. The van der Waals surface area contributed by atoms with E-state index in [2.05, 4.69) is 65.0 Å². The molecule has 6 rings (SSSR count). The maximum Gasteiger partial charge on any atom is 0.162 e. The third kappa shape index (κ3) is 4.55. The molecule has 3 nitrogen and oxygen atoms in total. The third-order valence-electron chi connectivity index (χ3n) is 7.11. The maximum atomic E-state index is 9.15. The van der Waals surface area contributed by atoms with Gasteiger partial charge >= 0.3 is 0 Å². The van der Waals surface area contributed by atoms with Gasteiger partial charge in [0.25, 0.3) is 0 Å². The first kappa shape index (κ1) is 23.4. The van der Waals surface area contributed by atoms with Gasteiger partial charge in [0.15, 0.2) is 5.58 Å². The molecule has 4 heteroatoms. The van der Waals surface area contributed by atoms with Crippen molar-refractivity contribution in [2.24, 2.45) is 5.41 Å². The first-order chi connectivity index (χ1) is 19.2. The number of furan rings is 1. The molecule has 3 aromatic carbocycles. The van der Waals surface area contributed by atoms with Gasteiger partial charge in [0, 0.05) is 30.7 Å². The van der Waals surface area contributed by atoms with E-state index in [1.807, 2.05) is 45.0 Å². The summed E-state index contributed by atoms with van der Waals surface area (Å²) < 4.78 is 26.1. The Kier molecular flexibility index (Phi) is 5.41. The van der Waals surface area contributed by atoms with Crippen LogP contribution in [0.2, 0.25) is 0 Å². The smallest absolute Gasteiger partial charge is 0.162 e. The van der Waals surface area contributed by atoms with Crippen LogP contribution in [0.25, 0.3) is 54.5 Å². The lowest BCUT2D eigenvalue weighted by Gasteiger charge is -2.22. The van der Waals surface area contributed by atoms with E-state index in [0.717, 1.165) is 70.7 Å². The number of rotatable bonds is 3. The predicted molar refractivity (Wildman–Crippen MR) is 167 cm³/mol. The molecule has 0 saturated heterocycles. The van der Waals surface area contributed by atoms with Crippen LogP contribution in [0.3, 0.4) is 0 Å². The number of aryl methyl sites for hydroxylation is 2. The highest BCUT2D eigenvalue weighted by atomic mass is 32.1. The standard InChI is InChI=1S/C35H36N2OS/c1-20-11-9-12-21(2)29(20)26-17-27(36-19-22(26)18-34(3,4)5)25-14-10-13-23-24-15-16-28-30(32(24)38-31(23)25)37-33(39-28)35(6,7)8/h9-17,19H,18H2,1-8H3/i18D2. The summed E-state index contributed by atoms with van der Waals surface area (Å²) in [6.45, 7) is 16.5. The van der Waals surface area contributed by atoms with E-state index in [4.69, 9.17) is 17.1 Å².